The van der Waals surface area contributed by atoms with Crippen LogP contribution in [0.2, 0.25) is 0 Å². The summed E-state index contributed by atoms with van der Waals surface area (Å²) < 4.78 is 5.39. The highest BCUT2D eigenvalue weighted by Crippen LogP contribution is 2.29. The Kier molecular flexibility index (Phi) is 6.63. The minimum absolute atomic E-state index is 0.0780. The molecular weight excluding hydrogens is 434 g/mol. The number of hydrogen-bond donors (Lipinski definition) is 2. The highest BCUT2D eigenvalue weighted by Gasteiger charge is 2.34. The van der Waals surface area contributed by atoms with Crippen molar-refractivity contribution in [1.82, 2.24) is 4.98 Å². The Morgan fingerprint density at radius 2 is 1.79 bits per heavy atom. The molecule has 34 heavy (non-hydrogen) atoms. The second-order valence-corrected chi connectivity index (χ2v) is 7.62. The van der Waals surface area contributed by atoms with Gasteiger partial charge in [-0.25, -0.2) is 0 Å². The summed E-state index contributed by atoms with van der Waals surface area (Å²) in [5.41, 5.74) is 2.29. The first-order chi connectivity index (χ1) is 16.5. The van der Waals surface area contributed by atoms with Gasteiger partial charge in [0.25, 0.3) is 11.8 Å². The van der Waals surface area contributed by atoms with Gasteiger partial charge in [-0.2, -0.15) is 5.10 Å². The van der Waals surface area contributed by atoms with Gasteiger partial charge in [-0.15, -0.1) is 0 Å². The van der Waals surface area contributed by atoms with Gasteiger partial charge in [0.1, 0.15) is 17.5 Å². The number of amides is 2. The van der Waals surface area contributed by atoms with E-state index < -0.39 is 11.9 Å². The zero-order valence-electron chi connectivity index (χ0n) is 18.7. The number of ketones is 1. The molecule has 0 spiro atoms. The fourth-order valence-corrected chi connectivity index (χ4v) is 3.55. The van der Waals surface area contributed by atoms with E-state index in [1.807, 2.05) is 30.3 Å². The summed E-state index contributed by atoms with van der Waals surface area (Å²) in [5, 5.41) is 11.6. The van der Waals surface area contributed by atoms with Crippen molar-refractivity contribution in [3.05, 3.63) is 78.6 Å². The quantitative estimate of drug-likeness (QED) is 0.561. The van der Waals surface area contributed by atoms with Gasteiger partial charge < -0.3 is 15.4 Å². The standard InChI is InChI=1S/C25H23N5O4/c1-16(31)22-14-21(29-30(22)19-8-4-3-5-9-19)25(33)27-18-10-11-20(23(13-18)34-2)28-24(32)17-7-6-12-26-15-17/h3-13,15,22H,14H2,1-2H3,(H,27,33)(H,28,32). The number of pyridine rings is 1. The van der Waals surface area contributed by atoms with Crippen LogP contribution >= 0.6 is 0 Å². The van der Waals surface area contributed by atoms with E-state index in [4.69, 9.17) is 4.74 Å². The molecule has 1 aliphatic heterocycles. The number of methoxy groups -OCH3 is 1. The lowest BCUT2D eigenvalue weighted by Gasteiger charge is -2.20. The summed E-state index contributed by atoms with van der Waals surface area (Å²) in [7, 11) is 1.47. The summed E-state index contributed by atoms with van der Waals surface area (Å²) in [6.07, 6.45) is 3.25. The van der Waals surface area contributed by atoms with Crippen molar-refractivity contribution in [2.75, 3.05) is 22.8 Å². The summed E-state index contributed by atoms with van der Waals surface area (Å²) in [6.45, 7) is 1.49. The number of hydrazone groups is 1. The van der Waals surface area contributed by atoms with Gasteiger partial charge in [0.15, 0.2) is 5.78 Å². The minimum atomic E-state index is -0.539. The molecule has 0 saturated heterocycles. The molecule has 4 rings (SSSR count). The molecule has 9 nitrogen and oxygen atoms in total. The largest absolute Gasteiger partial charge is 0.494 e. The molecule has 2 amide bonds. The van der Waals surface area contributed by atoms with E-state index in [-0.39, 0.29) is 23.8 Å². The van der Waals surface area contributed by atoms with E-state index in [2.05, 4.69) is 20.7 Å². The van der Waals surface area contributed by atoms with Crippen molar-refractivity contribution < 1.29 is 19.1 Å². The third-order valence-corrected chi connectivity index (χ3v) is 5.29. The molecule has 9 heteroatoms. The van der Waals surface area contributed by atoms with Crippen LogP contribution in [0, 0.1) is 0 Å². The molecule has 2 N–H and O–H groups in total. The third kappa shape index (κ3) is 4.93. The third-order valence-electron chi connectivity index (χ3n) is 5.29. The normalized spacial score (nSPS) is 14.8. The predicted molar refractivity (Wildman–Crippen MR) is 129 cm³/mol. The number of hydrogen-bond acceptors (Lipinski definition) is 7. The number of nitrogens with zero attached hydrogens (tertiary/aromatic N) is 3. The Bertz CT molecular complexity index is 1240. The van der Waals surface area contributed by atoms with Gasteiger partial charge in [0, 0.05) is 30.6 Å². The van der Waals surface area contributed by atoms with Gasteiger partial charge in [-0.3, -0.25) is 24.4 Å². The predicted octanol–water partition coefficient (Wildman–Crippen LogP) is 3.50. The van der Waals surface area contributed by atoms with Crippen LogP contribution in [0.25, 0.3) is 0 Å². The molecule has 1 atom stereocenters. The summed E-state index contributed by atoms with van der Waals surface area (Å²) in [4.78, 5) is 41.4. The Morgan fingerprint density at radius 1 is 1.00 bits per heavy atom. The van der Waals surface area contributed by atoms with Crippen LogP contribution in [0.1, 0.15) is 23.7 Å². The van der Waals surface area contributed by atoms with E-state index in [1.165, 1.54) is 20.2 Å². The fraction of sp³-hybridized carbons (Fsp3) is 0.160. The van der Waals surface area contributed by atoms with E-state index in [0.29, 0.717) is 22.7 Å². The molecule has 2 aromatic carbocycles. The number of ether oxygens (including phenoxy) is 1. The number of nitrogens with one attached hydrogen (secondary N) is 2. The van der Waals surface area contributed by atoms with E-state index in [0.717, 1.165) is 5.69 Å². The van der Waals surface area contributed by atoms with Crippen LogP contribution < -0.4 is 20.4 Å². The lowest BCUT2D eigenvalue weighted by molar-refractivity contribution is -0.118. The second kappa shape index (κ2) is 9.95. The summed E-state index contributed by atoms with van der Waals surface area (Å²) >= 11 is 0. The van der Waals surface area contributed by atoms with Gasteiger partial charge >= 0.3 is 0 Å². The molecule has 0 fully saturated rings. The van der Waals surface area contributed by atoms with E-state index >= 15 is 0 Å². The number of carbonyl (C=O) groups is 3. The van der Waals surface area contributed by atoms with E-state index in [9.17, 15) is 14.4 Å². The number of aromatic nitrogens is 1. The van der Waals surface area contributed by atoms with Crippen molar-refractivity contribution >= 4 is 40.4 Å². The number of rotatable bonds is 7. The number of benzene rings is 2. The first-order valence-corrected chi connectivity index (χ1v) is 10.6. The number of Topliss-reactive ketones (excluding diaryl/α,β-unsaturated/α-hetero) is 1. The Balaban J connectivity index is 1.49. The molecule has 172 valence electrons. The van der Waals surface area contributed by atoms with Gasteiger partial charge in [-0.05, 0) is 43.3 Å². The highest BCUT2D eigenvalue weighted by atomic mass is 16.5. The van der Waals surface area contributed by atoms with Crippen molar-refractivity contribution in [2.45, 2.75) is 19.4 Å². The maximum atomic E-state index is 12.9. The molecular formula is C25H23N5O4. The Morgan fingerprint density at radius 3 is 2.47 bits per heavy atom. The van der Waals surface area contributed by atoms with Gasteiger partial charge in [0.05, 0.1) is 24.0 Å². The Labute approximate surface area is 196 Å². The van der Waals surface area contributed by atoms with Crippen molar-refractivity contribution in [2.24, 2.45) is 5.10 Å². The van der Waals surface area contributed by atoms with Crippen LogP contribution in [0.4, 0.5) is 17.1 Å². The van der Waals surface area contributed by atoms with E-state index in [1.54, 1.807) is 41.5 Å². The summed E-state index contributed by atoms with van der Waals surface area (Å²) in [6, 6.07) is 16.9. The minimum Gasteiger partial charge on any atom is -0.494 e. The van der Waals surface area contributed by atoms with Gasteiger partial charge in [0.2, 0.25) is 0 Å². The summed E-state index contributed by atoms with van der Waals surface area (Å²) in [5.74, 6) is -0.458. The number of anilines is 3. The van der Waals surface area contributed by atoms with Gasteiger partial charge in [-0.1, -0.05) is 18.2 Å². The molecule has 0 aliphatic carbocycles. The Hall–Kier alpha value is -4.53. The van der Waals surface area contributed by atoms with Crippen LogP contribution in [-0.2, 0) is 9.59 Å². The first kappa shape index (κ1) is 22.7. The SMILES string of the molecule is COc1cc(NC(=O)C2=NN(c3ccccc3)C(C(C)=O)C2)ccc1NC(=O)c1cccnc1. The first-order valence-electron chi connectivity index (χ1n) is 10.6. The van der Waals surface area contributed by atoms with Crippen LogP contribution in [0.15, 0.2) is 78.2 Å². The molecule has 1 aliphatic rings. The van der Waals surface area contributed by atoms with Crippen LogP contribution in [0.3, 0.4) is 0 Å². The van der Waals surface area contributed by atoms with Crippen molar-refractivity contribution in [3.8, 4) is 5.75 Å². The van der Waals surface area contributed by atoms with Crippen LogP contribution in [-0.4, -0.2) is 41.4 Å². The molecule has 1 aromatic heterocycles. The zero-order valence-corrected chi connectivity index (χ0v) is 18.7. The topological polar surface area (TPSA) is 113 Å². The number of carbonyl (C=O) groups excluding carboxylic acids is 3. The molecule has 0 saturated carbocycles. The maximum Gasteiger partial charge on any atom is 0.271 e. The monoisotopic (exact) mass is 457 g/mol. The zero-order chi connectivity index (χ0) is 24.1. The molecule has 2 heterocycles. The van der Waals surface area contributed by atoms with Crippen LogP contribution in [0.5, 0.6) is 5.75 Å². The van der Waals surface area contributed by atoms with Crippen molar-refractivity contribution in [1.29, 1.82) is 0 Å². The smallest absolute Gasteiger partial charge is 0.271 e. The lowest BCUT2D eigenvalue weighted by atomic mass is 10.1. The molecule has 0 bridgehead atoms. The molecule has 3 aromatic rings. The van der Waals surface area contributed by atoms with Crippen molar-refractivity contribution in [3.63, 3.8) is 0 Å². The second-order valence-electron chi connectivity index (χ2n) is 7.62. The lowest BCUT2D eigenvalue weighted by Crippen LogP contribution is -2.33. The number of para-hydroxylation sites is 1. The maximum absolute atomic E-state index is 12.9. The molecule has 0 radical (unpaired) electrons. The molecule has 1 unspecified atom stereocenters. The highest BCUT2D eigenvalue weighted by molar-refractivity contribution is 6.44. The average Bonchev–Trinajstić information content (AvgIpc) is 3.32. The fourth-order valence-electron chi connectivity index (χ4n) is 3.55. The average molecular weight is 457 g/mol.